The molecule has 1 aromatic heterocycles. The first-order valence-electron chi connectivity index (χ1n) is 8.57. The zero-order valence-corrected chi connectivity index (χ0v) is 14.3. The van der Waals surface area contributed by atoms with Gasteiger partial charge in [0.25, 0.3) is 0 Å². The van der Waals surface area contributed by atoms with Gasteiger partial charge in [-0.3, -0.25) is 4.79 Å². The van der Waals surface area contributed by atoms with E-state index in [-0.39, 0.29) is 5.91 Å². The monoisotopic (exact) mass is 320 g/mol. The fraction of sp³-hybridized carbons (Fsp3) is 0.647. The third kappa shape index (κ3) is 5.01. The Kier molecular flexibility index (Phi) is 6.50. The summed E-state index contributed by atoms with van der Waals surface area (Å²) in [7, 11) is 0. The minimum absolute atomic E-state index is 0.215. The molecule has 1 amide bonds. The van der Waals surface area contributed by atoms with Crippen molar-refractivity contribution in [3.05, 3.63) is 12.1 Å². The molecule has 128 valence electrons. The molecular formula is C17H28N4O2. The molecular weight excluding hydrogens is 292 g/mol. The number of ether oxygens (including phenoxy) is 1. The normalized spacial score (nSPS) is 14.3. The van der Waals surface area contributed by atoms with Crippen LogP contribution in [0.15, 0.2) is 12.1 Å². The smallest absolute Gasteiger partial charge is 0.222 e. The van der Waals surface area contributed by atoms with Crippen LogP contribution in [0.1, 0.15) is 39.5 Å². The molecule has 2 N–H and O–H groups in total. The number of anilines is 2. The summed E-state index contributed by atoms with van der Waals surface area (Å²) < 4.78 is 5.73. The molecule has 1 aliphatic heterocycles. The molecule has 0 spiro atoms. The summed E-state index contributed by atoms with van der Waals surface area (Å²) in [6.45, 7) is 8.19. The number of hydrogen-bond acceptors (Lipinski definition) is 5. The summed E-state index contributed by atoms with van der Waals surface area (Å²) in [5, 5.41) is 0. The number of hydrogen-bond donors (Lipinski definition) is 1. The van der Waals surface area contributed by atoms with E-state index in [0.29, 0.717) is 31.3 Å². The van der Waals surface area contributed by atoms with E-state index < -0.39 is 0 Å². The lowest BCUT2D eigenvalue weighted by molar-refractivity contribution is -0.128. The van der Waals surface area contributed by atoms with E-state index in [0.717, 1.165) is 44.6 Å². The summed E-state index contributed by atoms with van der Waals surface area (Å²) in [5.74, 6) is 1.21. The molecule has 0 aliphatic carbocycles. The second-order valence-corrected chi connectivity index (χ2v) is 5.91. The van der Waals surface area contributed by atoms with Crippen molar-refractivity contribution in [3.63, 3.8) is 0 Å². The van der Waals surface area contributed by atoms with Gasteiger partial charge in [-0.2, -0.15) is 4.98 Å². The van der Waals surface area contributed by atoms with Gasteiger partial charge >= 0.3 is 0 Å². The predicted molar refractivity (Wildman–Crippen MR) is 92.8 cm³/mol. The van der Waals surface area contributed by atoms with Crippen LogP contribution < -0.4 is 15.4 Å². The number of nitrogen functional groups attached to an aromatic ring is 1. The zero-order chi connectivity index (χ0) is 16.7. The van der Waals surface area contributed by atoms with Gasteiger partial charge in [0.05, 0.1) is 6.54 Å². The highest BCUT2D eigenvalue weighted by Gasteiger charge is 2.19. The fourth-order valence-corrected chi connectivity index (χ4v) is 2.88. The van der Waals surface area contributed by atoms with Crippen LogP contribution in [-0.4, -0.2) is 48.6 Å². The summed E-state index contributed by atoms with van der Waals surface area (Å²) in [6, 6.07) is 3.83. The van der Waals surface area contributed by atoms with Crippen molar-refractivity contribution in [1.29, 1.82) is 0 Å². The van der Waals surface area contributed by atoms with Gasteiger partial charge in [-0.15, -0.1) is 0 Å². The van der Waals surface area contributed by atoms with Crippen LogP contribution in [0, 0.1) is 0 Å². The fourth-order valence-electron chi connectivity index (χ4n) is 2.88. The zero-order valence-electron chi connectivity index (χ0n) is 14.3. The molecule has 6 nitrogen and oxygen atoms in total. The molecule has 1 aliphatic rings. The SMILES string of the molecule is CCCN(CCC)c1cc(N)nc(OCCN2CCCC2=O)c1. The minimum atomic E-state index is 0.215. The largest absolute Gasteiger partial charge is 0.476 e. The molecule has 1 saturated heterocycles. The van der Waals surface area contributed by atoms with Crippen LogP contribution >= 0.6 is 0 Å². The summed E-state index contributed by atoms with van der Waals surface area (Å²) in [4.78, 5) is 20.0. The molecule has 23 heavy (non-hydrogen) atoms. The highest BCUT2D eigenvalue weighted by molar-refractivity contribution is 5.78. The molecule has 0 saturated carbocycles. The minimum Gasteiger partial charge on any atom is -0.476 e. The maximum Gasteiger partial charge on any atom is 0.222 e. The Hall–Kier alpha value is -1.98. The highest BCUT2D eigenvalue weighted by atomic mass is 16.5. The predicted octanol–water partition coefficient (Wildman–Crippen LogP) is 2.29. The second kappa shape index (κ2) is 8.60. The van der Waals surface area contributed by atoms with Gasteiger partial charge in [-0.05, 0) is 19.3 Å². The molecule has 0 atom stereocenters. The molecule has 0 bridgehead atoms. The van der Waals surface area contributed by atoms with Gasteiger partial charge in [0.1, 0.15) is 12.4 Å². The van der Waals surface area contributed by atoms with Gasteiger partial charge in [0.15, 0.2) is 0 Å². The second-order valence-electron chi connectivity index (χ2n) is 5.91. The number of nitrogens with zero attached hydrogens (tertiary/aromatic N) is 3. The lowest BCUT2D eigenvalue weighted by Crippen LogP contribution is -2.29. The first-order valence-corrected chi connectivity index (χ1v) is 8.57. The number of aromatic nitrogens is 1. The van der Waals surface area contributed by atoms with Crippen molar-refractivity contribution >= 4 is 17.4 Å². The average Bonchev–Trinajstić information content (AvgIpc) is 2.92. The maximum absolute atomic E-state index is 11.6. The van der Waals surface area contributed by atoms with Crippen molar-refractivity contribution in [2.75, 3.05) is 43.4 Å². The van der Waals surface area contributed by atoms with Gasteiger partial charge in [-0.25, -0.2) is 0 Å². The topological polar surface area (TPSA) is 71.7 Å². The van der Waals surface area contributed by atoms with Crippen LogP contribution in [-0.2, 0) is 4.79 Å². The number of likely N-dealkylation sites (tertiary alicyclic amines) is 1. The highest BCUT2D eigenvalue weighted by Crippen LogP contribution is 2.23. The third-order valence-corrected chi connectivity index (χ3v) is 3.94. The Morgan fingerprint density at radius 1 is 1.30 bits per heavy atom. The average molecular weight is 320 g/mol. The molecule has 0 unspecified atom stereocenters. The van der Waals surface area contributed by atoms with Crippen molar-refractivity contribution in [1.82, 2.24) is 9.88 Å². The number of amides is 1. The Balaban J connectivity index is 1.97. The van der Waals surface area contributed by atoms with Crippen molar-refractivity contribution in [3.8, 4) is 5.88 Å². The molecule has 1 aromatic rings. The molecule has 2 heterocycles. The standard InChI is InChI=1S/C17H28N4O2/c1-3-7-20(8-4-2)14-12-15(18)19-16(13-14)23-11-10-21-9-5-6-17(21)22/h12-13H,3-11H2,1-2H3,(H2,18,19). The van der Waals surface area contributed by atoms with E-state index in [9.17, 15) is 4.79 Å². The van der Waals surface area contributed by atoms with E-state index >= 15 is 0 Å². The number of nitrogens with two attached hydrogens (primary N) is 1. The number of carbonyl (C=O) groups excluding carboxylic acids is 1. The Labute approximate surface area is 138 Å². The number of pyridine rings is 1. The molecule has 0 radical (unpaired) electrons. The molecule has 0 aromatic carbocycles. The molecule has 2 rings (SSSR count). The quantitative estimate of drug-likeness (QED) is 0.756. The Morgan fingerprint density at radius 2 is 2.04 bits per heavy atom. The lowest BCUT2D eigenvalue weighted by atomic mass is 10.3. The van der Waals surface area contributed by atoms with Gasteiger partial charge < -0.3 is 20.3 Å². The summed E-state index contributed by atoms with van der Waals surface area (Å²) >= 11 is 0. The van der Waals surface area contributed by atoms with Crippen LogP contribution in [0.3, 0.4) is 0 Å². The van der Waals surface area contributed by atoms with Crippen molar-refractivity contribution < 1.29 is 9.53 Å². The number of rotatable bonds is 9. The third-order valence-electron chi connectivity index (χ3n) is 3.94. The van der Waals surface area contributed by atoms with E-state index in [1.54, 1.807) is 0 Å². The number of carbonyl (C=O) groups is 1. The van der Waals surface area contributed by atoms with E-state index in [1.165, 1.54) is 0 Å². The lowest BCUT2D eigenvalue weighted by Gasteiger charge is -2.24. The first-order chi connectivity index (χ1) is 11.1. The summed E-state index contributed by atoms with van der Waals surface area (Å²) in [6.07, 6.45) is 3.76. The first kappa shape index (κ1) is 17.4. The van der Waals surface area contributed by atoms with E-state index in [2.05, 4.69) is 23.7 Å². The Morgan fingerprint density at radius 3 is 2.65 bits per heavy atom. The van der Waals surface area contributed by atoms with Gasteiger partial charge in [0.2, 0.25) is 11.8 Å². The molecule has 6 heteroatoms. The maximum atomic E-state index is 11.6. The van der Waals surface area contributed by atoms with Crippen molar-refractivity contribution in [2.45, 2.75) is 39.5 Å². The van der Waals surface area contributed by atoms with Crippen LogP contribution in [0.25, 0.3) is 0 Å². The summed E-state index contributed by atoms with van der Waals surface area (Å²) in [5.41, 5.74) is 6.97. The van der Waals surface area contributed by atoms with Crippen LogP contribution in [0.5, 0.6) is 5.88 Å². The van der Waals surface area contributed by atoms with Crippen LogP contribution in [0.4, 0.5) is 11.5 Å². The molecule has 1 fully saturated rings. The van der Waals surface area contributed by atoms with Gasteiger partial charge in [0, 0.05) is 43.9 Å². The van der Waals surface area contributed by atoms with Crippen LogP contribution in [0.2, 0.25) is 0 Å². The van der Waals surface area contributed by atoms with Crippen molar-refractivity contribution in [2.24, 2.45) is 0 Å². The van der Waals surface area contributed by atoms with E-state index in [1.807, 2.05) is 17.0 Å². The Bertz CT molecular complexity index is 515. The van der Waals surface area contributed by atoms with Gasteiger partial charge in [-0.1, -0.05) is 13.8 Å². The van der Waals surface area contributed by atoms with E-state index in [4.69, 9.17) is 10.5 Å².